The molecule has 1 unspecified atom stereocenters. The highest BCUT2D eigenvalue weighted by Gasteiger charge is 2.10. The van der Waals surface area contributed by atoms with Crippen molar-refractivity contribution in [3.8, 4) is 0 Å². The zero-order chi connectivity index (χ0) is 8.27. The van der Waals surface area contributed by atoms with Gasteiger partial charge in [-0.25, -0.2) is 0 Å². The van der Waals surface area contributed by atoms with Crippen molar-refractivity contribution in [2.45, 2.75) is 39.7 Å². The van der Waals surface area contributed by atoms with E-state index in [0.29, 0.717) is 6.04 Å². The Labute approximate surface area is 68.4 Å². The van der Waals surface area contributed by atoms with E-state index in [4.69, 9.17) is 0 Å². The van der Waals surface area contributed by atoms with E-state index in [0.717, 1.165) is 18.7 Å². The fourth-order valence-electron chi connectivity index (χ4n) is 1.30. The SMILES string of the molecule is CCCC1=NCC(C)N=C1C. The van der Waals surface area contributed by atoms with Crippen LogP contribution >= 0.6 is 0 Å². The molecule has 0 amide bonds. The van der Waals surface area contributed by atoms with Gasteiger partial charge in [0.15, 0.2) is 0 Å². The molecule has 0 aromatic heterocycles. The standard InChI is InChI=1S/C9H16N2/c1-4-5-9-8(3)11-7(2)6-10-9/h7H,4-6H2,1-3H3. The lowest BCUT2D eigenvalue weighted by Gasteiger charge is -2.14. The first-order valence-electron chi connectivity index (χ1n) is 4.32. The third-order valence-corrected chi connectivity index (χ3v) is 1.86. The van der Waals surface area contributed by atoms with Gasteiger partial charge in [0, 0.05) is 0 Å². The third-order valence-electron chi connectivity index (χ3n) is 1.86. The number of aliphatic imine (C=N–C) groups is 2. The predicted molar refractivity (Wildman–Crippen MR) is 49.8 cm³/mol. The molecule has 2 heteroatoms. The van der Waals surface area contributed by atoms with Crippen LogP contribution in [-0.2, 0) is 0 Å². The monoisotopic (exact) mass is 152 g/mol. The maximum atomic E-state index is 4.47. The van der Waals surface area contributed by atoms with Crippen LogP contribution in [0.15, 0.2) is 9.98 Å². The van der Waals surface area contributed by atoms with Crippen LogP contribution < -0.4 is 0 Å². The van der Waals surface area contributed by atoms with E-state index in [1.54, 1.807) is 0 Å². The molecule has 0 N–H and O–H groups in total. The normalized spacial score (nSPS) is 24.5. The van der Waals surface area contributed by atoms with Crippen molar-refractivity contribution < 1.29 is 0 Å². The molecule has 0 aromatic carbocycles. The molecular formula is C9H16N2. The van der Waals surface area contributed by atoms with Gasteiger partial charge < -0.3 is 0 Å². The Hall–Kier alpha value is -0.660. The van der Waals surface area contributed by atoms with Crippen molar-refractivity contribution in [2.75, 3.05) is 6.54 Å². The molecule has 1 heterocycles. The Morgan fingerprint density at radius 2 is 2.27 bits per heavy atom. The van der Waals surface area contributed by atoms with Crippen molar-refractivity contribution in [1.29, 1.82) is 0 Å². The summed E-state index contributed by atoms with van der Waals surface area (Å²) < 4.78 is 0. The first-order valence-corrected chi connectivity index (χ1v) is 4.32. The van der Waals surface area contributed by atoms with Crippen molar-refractivity contribution in [2.24, 2.45) is 9.98 Å². The Bertz CT molecular complexity index is 192. The second-order valence-electron chi connectivity index (χ2n) is 3.10. The van der Waals surface area contributed by atoms with Crippen LogP contribution in [0.2, 0.25) is 0 Å². The highest BCUT2D eigenvalue weighted by atomic mass is 14.9. The topological polar surface area (TPSA) is 24.7 Å². The van der Waals surface area contributed by atoms with Crippen LogP contribution in [0.25, 0.3) is 0 Å². The van der Waals surface area contributed by atoms with Gasteiger partial charge in [-0.1, -0.05) is 13.3 Å². The summed E-state index contributed by atoms with van der Waals surface area (Å²) in [7, 11) is 0. The predicted octanol–water partition coefficient (Wildman–Crippen LogP) is 2.09. The first-order chi connectivity index (χ1) is 5.24. The Morgan fingerprint density at radius 3 is 2.82 bits per heavy atom. The van der Waals surface area contributed by atoms with E-state index in [2.05, 4.69) is 30.8 Å². The summed E-state index contributed by atoms with van der Waals surface area (Å²) in [5.74, 6) is 0. The molecule has 0 aliphatic carbocycles. The van der Waals surface area contributed by atoms with Gasteiger partial charge in [-0.15, -0.1) is 0 Å². The number of hydrogen-bond acceptors (Lipinski definition) is 2. The van der Waals surface area contributed by atoms with Gasteiger partial charge in [-0.05, 0) is 20.3 Å². The number of nitrogens with zero attached hydrogens (tertiary/aromatic N) is 2. The molecule has 62 valence electrons. The summed E-state index contributed by atoms with van der Waals surface area (Å²) in [6.45, 7) is 7.22. The summed E-state index contributed by atoms with van der Waals surface area (Å²) in [5.41, 5.74) is 2.36. The second-order valence-corrected chi connectivity index (χ2v) is 3.10. The van der Waals surface area contributed by atoms with Crippen molar-refractivity contribution >= 4 is 11.4 Å². The van der Waals surface area contributed by atoms with E-state index in [1.807, 2.05) is 0 Å². The molecule has 1 atom stereocenters. The minimum atomic E-state index is 0.399. The molecule has 0 saturated carbocycles. The zero-order valence-electron chi connectivity index (χ0n) is 7.59. The van der Waals surface area contributed by atoms with Crippen LogP contribution in [0.4, 0.5) is 0 Å². The molecule has 11 heavy (non-hydrogen) atoms. The largest absolute Gasteiger partial charge is 0.286 e. The fourth-order valence-corrected chi connectivity index (χ4v) is 1.30. The maximum absolute atomic E-state index is 4.47. The highest BCUT2D eigenvalue weighted by molar-refractivity contribution is 6.41. The summed E-state index contributed by atoms with van der Waals surface area (Å²) in [6.07, 6.45) is 2.25. The summed E-state index contributed by atoms with van der Waals surface area (Å²) >= 11 is 0. The highest BCUT2D eigenvalue weighted by Crippen LogP contribution is 2.05. The van der Waals surface area contributed by atoms with Gasteiger partial charge in [0.25, 0.3) is 0 Å². The van der Waals surface area contributed by atoms with E-state index in [9.17, 15) is 0 Å². The average molecular weight is 152 g/mol. The van der Waals surface area contributed by atoms with Gasteiger partial charge in [0.2, 0.25) is 0 Å². The van der Waals surface area contributed by atoms with Gasteiger partial charge in [0.1, 0.15) is 0 Å². The Kier molecular flexibility index (Phi) is 2.80. The summed E-state index contributed by atoms with van der Waals surface area (Å²) in [5, 5.41) is 0. The molecule has 0 radical (unpaired) electrons. The van der Waals surface area contributed by atoms with Gasteiger partial charge >= 0.3 is 0 Å². The molecule has 2 nitrogen and oxygen atoms in total. The Balaban J connectivity index is 2.61. The molecule has 0 spiro atoms. The van der Waals surface area contributed by atoms with Crippen molar-refractivity contribution in [1.82, 2.24) is 0 Å². The van der Waals surface area contributed by atoms with Crippen LogP contribution in [0.5, 0.6) is 0 Å². The first kappa shape index (κ1) is 8.44. The molecule has 0 bridgehead atoms. The quantitative estimate of drug-likeness (QED) is 0.579. The molecule has 0 aromatic rings. The lowest BCUT2D eigenvalue weighted by molar-refractivity contribution is 0.743. The average Bonchev–Trinajstić information content (AvgIpc) is 1.95. The summed E-state index contributed by atoms with van der Waals surface area (Å²) in [4.78, 5) is 8.94. The Morgan fingerprint density at radius 1 is 1.55 bits per heavy atom. The summed E-state index contributed by atoms with van der Waals surface area (Å²) in [6, 6.07) is 0.399. The van der Waals surface area contributed by atoms with E-state index in [-0.39, 0.29) is 0 Å². The van der Waals surface area contributed by atoms with Crippen LogP contribution in [0.1, 0.15) is 33.6 Å². The van der Waals surface area contributed by atoms with Crippen molar-refractivity contribution in [3.05, 3.63) is 0 Å². The van der Waals surface area contributed by atoms with E-state index >= 15 is 0 Å². The second kappa shape index (κ2) is 3.65. The van der Waals surface area contributed by atoms with Gasteiger partial charge in [-0.2, -0.15) is 0 Å². The van der Waals surface area contributed by atoms with E-state index in [1.165, 1.54) is 12.1 Å². The lowest BCUT2D eigenvalue weighted by atomic mass is 10.1. The van der Waals surface area contributed by atoms with E-state index < -0.39 is 0 Å². The third kappa shape index (κ3) is 2.14. The zero-order valence-corrected chi connectivity index (χ0v) is 7.59. The lowest BCUT2D eigenvalue weighted by Crippen LogP contribution is -2.21. The van der Waals surface area contributed by atoms with Crippen LogP contribution in [0.3, 0.4) is 0 Å². The molecular weight excluding hydrogens is 136 g/mol. The van der Waals surface area contributed by atoms with Crippen molar-refractivity contribution in [3.63, 3.8) is 0 Å². The van der Waals surface area contributed by atoms with Crippen LogP contribution in [-0.4, -0.2) is 24.0 Å². The van der Waals surface area contributed by atoms with Crippen LogP contribution in [0, 0.1) is 0 Å². The smallest absolute Gasteiger partial charge is 0.0670 e. The molecule has 0 saturated heterocycles. The minimum absolute atomic E-state index is 0.399. The number of hydrogen-bond donors (Lipinski definition) is 0. The molecule has 1 aliphatic rings. The number of rotatable bonds is 2. The van der Waals surface area contributed by atoms with Gasteiger partial charge in [0.05, 0.1) is 24.0 Å². The molecule has 0 fully saturated rings. The van der Waals surface area contributed by atoms with Gasteiger partial charge in [-0.3, -0.25) is 9.98 Å². The fraction of sp³-hybridized carbons (Fsp3) is 0.778. The maximum Gasteiger partial charge on any atom is 0.0670 e. The molecule has 1 aliphatic heterocycles. The molecule has 1 rings (SSSR count). The minimum Gasteiger partial charge on any atom is -0.286 e.